The molecule has 3 N–H and O–H groups in total. The normalized spacial score (nSPS) is 11.1. The molecule has 0 saturated heterocycles. The van der Waals surface area contributed by atoms with E-state index in [1.54, 1.807) is 0 Å². The van der Waals surface area contributed by atoms with Crippen LogP contribution in [-0.2, 0) is 10.0 Å². The van der Waals surface area contributed by atoms with Crippen LogP contribution >= 0.6 is 23.2 Å². The number of carboxylic acids is 1. The van der Waals surface area contributed by atoms with Crippen LogP contribution in [0.4, 0.5) is 15.8 Å². The number of benzene rings is 3. The van der Waals surface area contributed by atoms with Crippen molar-refractivity contribution in [2.24, 2.45) is 0 Å². The minimum atomic E-state index is -3.99. The van der Waals surface area contributed by atoms with E-state index in [4.69, 9.17) is 28.3 Å². The van der Waals surface area contributed by atoms with E-state index in [-0.39, 0.29) is 31.9 Å². The molecule has 0 bridgehead atoms. The van der Waals surface area contributed by atoms with Crippen LogP contribution in [0.3, 0.4) is 0 Å². The van der Waals surface area contributed by atoms with Crippen molar-refractivity contribution in [3.8, 4) is 0 Å². The Kier molecular flexibility index (Phi) is 6.49. The molecule has 11 heteroatoms. The van der Waals surface area contributed by atoms with Gasteiger partial charge in [0.1, 0.15) is 5.82 Å². The second-order valence-electron chi connectivity index (χ2n) is 6.24. The monoisotopic (exact) mass is 482 g/mol. The number of anilines is 2. The highest BCUT2D eigenvalue weighted by Gasteiger charge is 2.18. The summed E-state index contributed by atoms with van der Waals surface area (Å²) in [5.74, 6) is -2.88. The Labute approximate surface area is 186 Å². The van der Waals surface area contributed by atoms with Gasteiger partial charge in [0.2, 0.25) is 0 Å². The fraction of sp³-hybridized carbons (Fsp3) is 0. The SMILES string of the molecule is O=C(Nc1ccc(F)cc1C(=O)O)c1ccc(S(=O)(=O)Nc2cc(Cl)cc(Cl)c2)cc1. The molecule has 0 radical (unpaired) electrons. The van der Waals surface area contributed by atoms with Crippen molar-refractivity contribution in [1.82, 2.24) is 0 Å². The van der Waals surface area contributed by atoms with Gasteiger partial charge in [0.05, 0.1) is 21.8 Å². The summed E-state index contributed by atoms with van der Waals surface area (Å²) >= 11 is 11.7. The molecule has 3 rings (SSSR count). The zero-order valence-corrected chi connectivity index (χ0v) is 17.7. The lowest BCUT2D eigenvalue weighted by atomic mass is 10.1. The summed E-state index contributed by atoms with van der Waals surface area (Å²) in [6.07, 6.45) is 0. The molecule has 0 aliphatic rings. The van der Waals surface area contributed by atoms with Gasteiger partial charge in [-0.1, -0.05) is 23.2 Å². The molecular formula is C20H13Cl2FN2O5S. The van der Waals surface area contributed by atoms with Gasteiger partial charge < -0.3 is 10.4 Å². The Morgan fingerprint density at radius 3 is 2.10 bits per heavy atom. The van der Waals surface area contributed by atoms with E-state index in [9.17, 15) is 22.4 Å². The quantitative estimate of drug-likeness (QED) is 0.463. The molecule has 0 aromatic heterocycles. The van der Waals surface area contributed by atoms with Gasteiger partial charge in [-0.15, -0.1) is 0 Å². The molecule has 0 spiro atoms. The number of halogens is 3. The van der Waals surface area contributed by atoms with Crippen molar-refractivity contribution in [1.29, 1.82) is 0 Å². The second kappa shape index (κ2) is 8.93. The summed E-state index contributed by atoms with van der Waals surface area (Å²) in [6.45, 7) is 0. The number of amides is 1. The average molecular weight is 483 g/mol. The van der Waals surface area contributed by atoms with Crippen molar-refractivity contribution >= 4 is 56.5 Å². The first kappa shape index (κ1) is 22.5. The Morgan fingerprint density at radius 2 is 1.52 bits per heavy atom. The number of rotatable bonds is 6. The molecule has 160 valence electrons. The molecule has 0 atom stereocenters. The Morgan fingerprint density at radius 1 is 0.903 bits per heavy atom. The van der Waals surface area contributed by atoms with E-state index in [1.165, 1.54) is 42.5 Å². The largest absolute Gasteiger partial charge is 0.478 e. The molecule has 0 aliphatic heterocycles. The maximum absolute atomic E-state index is 13.3. The number of hydrogen-bond acceptors (Lipinski definition) is 4. The molecular weight excluding hydrogens is 470 g/mol. The van der Waals surface area contributed by atoms with Gasteiger partial charge >= 0.3 is 5.97 Å². The van der Waals surface area contributed by atoms with Gasteiger partial charge in [-0.05, 0) is 60.7 Å². The van der Waals surface area contributed by atoms with E-state index in [0.29, 0.717) is 0 Å². The smallest absolute Gasteiger partial charge is 0.337 e. The van der Waals surface area contributed by atoms with Crippen LogP contribution in [-0.4, -0.2) is 25.4 Å². The molecule has 0 fully saturated rings. The number of carbonyl (C=O) groups is 2. The van der Waals surface area contributed by atoms with Crippen LogP contribution in [0.15, 0.2) is 65.6 Å². The van der Waals surface area contributed by atoms with E-state index in [0.717, 1.165) is 18.2 Å². The second-order valence-corrected chi connectivity index (χ2v) is 8.79. The topological polar surface area (TPSA) is 113 Å². The fourth-order valence-corrected chi connectivity index (χ4v) is 4.18. The molecule has 0 heterocycles. The molecule has 3 aromatic rings. The third-order valence-electron chi connectivity index (χ3n) is 4.00. The lowest BCUT2D eigenvalue weighted by molar-refractivity contribution is 0.0697. The first-order valence-electron chi connectivity index (χ1n) is 8.48. The molecule has 0 saturated carbocycles. The van der Waals surface area contributed by atoms with Gasteiger partial charge in [0.15, 0.2) is 0 Å². The Balaban J connectivity index is 1.79. The first-order chi connectivity index (χ1) is 14.5. The van der Waals surface area contributed by atoms with Gasteiger partial charge in [-0.3, -0.25) is 9.52 Å². The van der Waals surface area contributed by atoms with Crippen LogP contribution in [0, 0.1) is 5.82 Å². The van der Waals surface area contributed by atoms with Crippen molar-refractivity contribution < 1.29 is 27.5 Å². The molecule has 31 heavy (non-hydrogen) atoms. The van der Waals surface area contributed by atoms with Crippen LogP contribution in [0.5, 0.6) is 0 Å². The summed E-state index contributed by atoms with van der Waals surface area (Å²) in [4.78, 5) is 23.5. The van der Waals surface area contributed by atoms with Crippen molar-refractivity contribution in [3.63, 3.8) is 0 Å². The Hall–Kier alpha value is -3.14. The maximum Gasteiger partial charge on any atom is 0.337 e. The minimum absolute atomic E-state index is 0.0606. The third kappa shape index (κ3) is 5.52. The van der Waals surface area contributed by atoms with E-state index in [2.05, 4.69) is 10.0 Å². The zero-order valence-electron chi connectivity index (χ0n) is 15.4. The standard InChI is InChI=1S/C20H13Cl2FN2O5S/c21-12-7-13(22)9-15(8-12)25-31(29,30)16-4-1-11(2-5-16)19(26)24-18-6-3-14(23)10-17(18)20(27)28/h1-10,25H,(H,24,26)(H,27,28). The number of aromatic carboxylic acids is 1. The van der Waals surface area contributed by atoms with Gasteiger partial charge in [-0.2, -0.15) is 0 Å². The first-order valence-corrected chi connectivity index (χ1v) is 10.7. The number of sulfonamides is 1. The molecule has 3 aromatic carbocycles. The minimum Gasteiger partial charge on any atom is -0.478 e. The summed E-state index contributed by atoms with van der Waals surface area (Å²) < 4.78 is 40.7. The molecule has 1 amide bonds. The lowest BCUT2D eigenvalue weighted by Gasteiger charge is -2.11. The molecule has 0 aliphatic carbocycles. The average Bonchev–Trinajstić information content (AvgIpc) is 2.68. The van der Waals surface area contributed by atoms with Crippen molar-refractivity contribution in [2.75, 3.05) is 10.0 Å². The van der Waals surface area contributed by atoms with Gasteiger partial charge in [0, 0.05) is 15.6 Å². The molecule has 0 unspecified atom stereocenters. The summed E-state index contributed by atoms with van der Waals surface area (Å²) in [6, 6.07) is 12.0. The maximum atomic E-state index is 13.3. The Bertz CT molecular complexity index is 1260. The predicted molar refractivity (Wildman–Crippen MR) is 115 cm³/mol. The third-order valence-corrected chi connectivity index (χ3v) is 5.84. The number of hydrogen-bond donors (Lipinski definition) is 3. The van der Waals surface area contributed by atoms with Crippen LogP contribution in [0.1, 0.15) is 20.7 Å². The molecule has 7 nitrogen and oxygen atoms in total. The van der Waals surface area contributed by atoms with Gasteiger partial charge in [0.25, 0.3) is 15.9 Å². The van der Waals surface area contributed by atoms with Crippen LogP contribution in [0.25, 0.3) is 0 Å². The lowest BCUT2D eigenvalue weighted by Crippen LogP contribution is -2.16. The zero-order chi connectivity index (χ0) is 22.8. The van der Waals surface area contributed by atoms with Crippen LogP contribution in [0.2, 0.25) is 10.0 Å². The predicted octanol–water partition coefficient (Wildman–Crippen LogP) is 4.88. The highest BCUT2D eigenvalue weighted by molar-refractivity contribution is 7.92. The van der Waals surface area contributed by atoms with Crippen molar-refractivity contribution in [3.05, 3.63) is 87.7 Å². The summed E-state index contributed by atoms with van der Waals surface area (Å²) in [5.41, 5.74) is -0.297. The van der Waals surface area contributed by atoms with Crippen molar-refractivity contribution in [2.45, 2.75) is 4.90 Å². The number of carboxylic acid groups (broad SMARTS) is 1. The fourth-order valence-electron chi connectivity index (χ4n) is 2.61. The van der Waals surface area contributed by atoms with Crippen LogP contribution < -0.4 is 10.0 Å². The highest BCUT2D eigenvalue weighted by atomic mass is 35.5. The number of carbonyl (C=O) groups excluding carboxylic acids is 1. The summed E-state index contributed by atoms with van der Waals surface area (Å²) in [7, 11) is -3.99. The van der Waals surface area contributed by atoms with E-state index in [1.807, 2.05) is 0 Å². The van der Waals surface area contributed by atoms with Gasteiger partial charge in [-0.25, -0.2) is 17.6 Å². The highest BCUT2D eigenvalue weighted by Crippen LogP contribution is 2.25. The number of nitrogens with one attached hydrogen (secondary N) is 2. The van der Waals surface area contributed by atoms with E-state index < -0.39 is 33.3 Å². The van der Waals surface area contributed by atoms with E-state index >= 15 is 0 Å². The summed E-state index contributed by atoms with van der Waals surface area (Å²) in [5, 5.41) is 12.0.